The summed E-state index contributed by atoms with van der Waals surface area (Å²) in [5, 5.41) is 6.84. The molecule has 4 nitrogen and oxygen atoms in total. The van der Waals surface area contributed by atoms with E-state index < -0.39 is 11.7 Å². The zero-order valence-electron chi connectivity index (χ0n) is 11.7. The molecule has 7 heteroatoms. The van der Waals surface area contributed by atoms with Crippen molar-refractivity contribution in [2.45, 2.75) is 32.0 Å². The predicted molar refractivity (Wildman–Crippen MR) is 70.8 cm³/mol. The van der Waals surface area contributed by atoms with Gasteiger partial charge in [-0.3, -0.25) is 0 Å². The summed E-state index contributed by atoms with van der Waals surface area (Å²) >= 11 is 0. The molecule has 1 heterocycles. The van der Waals surface area contributed by atoms with Crippen molar-refractivity contribution in [2.24, 2.45) is 0 Å². The summed E-state index contributed by atoms with van der Waals surface area (Å²) in [5.74, 6) is 0.853. The van der Waals surface area contributed by atoms with Crippen LogP contribution in [0.4, 0.5) is 13.2 Å². The van der Waals surface area contributed by atoms with Crippen LogP contribution in [0.15, 0.2) is 28.8 Å². The Morgan fingerprint density at radius 1 is 1.33 bits per heavy atom. The predicted octanol–water partition coefficient (Wildman–Crippen LogP) is 2.83. The second-order valence-electron chi connectivity index (χ2n) is 4.87. The molecule has 1 aromatic heterocycles. The first-order chi connectivity index (χ1) is 9.88. The average Bonchev–Trinajstić information content (AvgIpc) is 2.85. The maximum Gasteiger partial charge on any atom is 0.416 e. The van der Waals surface area contributed by atoms with Crippen LogP contribution in [0.1, 0.15) is 29.8 Å². The quantitative estimate of drug-likeness (QED) is 0.922. The highest BCUT2D eigenvalue weighted by Crippen LogP contribution is 2.29. The van der Waals surface area contributed by atoms with Crippen LogP contribution in [0.5, 0.6) is 0 Å². The van der Waals surface area contributed by atoms with Crippen LogP contribution < -0.4 is 5.32 Å². The van der Waals surface area contributed by atoms with Gasteiger partial charge in [-0.15, -0.1) is 0 Å². The Bertz CT molecular complexity index is 595. The van der Waals surface area contributed by atoms with Gasteiger partial charge in [-0.2, -0.15) is 18.2 Å². The monoisotopic (exact) mass is 299 g/mol. The van der Waals surface area contributed by atoms with Gasteiger partial charge in [0.25, 0.3) is 0 Å². The summed E-state index contributed by atoms with van der Waals surface area (Å²) in [5.41, 5.74) is -0.175. The number of likely N-dealkylation sites (N-methyl/N-ethyl adjacent to an activating group) is 1. The molecule has 0 bridgehead atoms. The van der Waals surface area contributed by atoms with Gasteiger partial charge >= 0.3 is 6.18 Å². The van der Waals surface area contributed by atoms with E-state index in [9.17, 15) is 13.2 Å². The van der Waals surface area contributed by atoms with Crippen molar-refractivity contribution in [3.63, 3.8) is 0 Å². The molecule has 2 rings (SSSR count). The van der Waals surface area contributed by atoms with Crippen molar-refractivity contribution in [3.05, 3.63) is 47.1 Å². The minimum absolute atomic E-state index is 0.187. The van der Waals surface area contributed by atoms with Crippen molar-refractivity contribution in [1.29, 1.82) is 0 Å². The minimum atomic E-state index is -4.35. The number of nitrogens with zero attached hydrogens (tertiary/aromatic N) is 2. The average molecular weight is 299 g/mol. The molecule has 1 unspecified atom stereocenters. The lowest BCUT2D eigenvalue weighted by Crippen LogP contribution is -2.23. The Morgan fingerprint density at radius 2 is 2.10 bits per heavy atom. The van der Waals surface area contributed by atoms with Crippen molar-refractivity contribution in [2.75, 3.05) is 7.05 Å². The first-order valence-corrected chi connectivity index (χ1v) is 6.53. The topological polar surface area (TPSA) is 51.0 Å². The van der Waals surface area contributed by atoms with Gasteiger partial charge in [0.1, 0.15) is 0 Å². The normalized spacial score (nSPS) is 13.4. The molecular weight excluding hydrogens is 283 g/mol. The number of rotatable bonds is 5. The van der Waals surface area contributed by atoms with E-state index in [0.29, 0.717) is 23.7 Å². The Morgan fingerprint density at radius 3 is 2.76 bits per heavy atom. The number of hydrogen-bond donors (Lipinski definition) is 1. The fourth-order valence-electron chi connectivity index (χ4n) is 1.85. The molecule has 0 radical (unpaired) electrons. The van der Waals surface area contributed by atoms with Crippen LogP contribution in [-0.2, 0) is 19.0 Å². The third kappa shape index (κ3) is 4.29. The van der Waals surface area contributed by atoms with Gasteiger partial charge in [-0.25, -0.2) is 0 Å². The molecule has 114 valence electrons. The van der Waals surface area contributed by atoms with Gasteiger partial charge in [0.05, 0.1) is 5.56 Å². The number of nitrogens with one attached hydrogen (secondary N) is 1. The van der Waals surface area contributed by atoms with Gasteiger partial charge in [0, 0.05) is 18.9 Å². The van der Waals surface area contributed by atoms with E-state index in [2.05, 4.69) is 15.5 Å². The highest BCUT2D eigenvalue weighted by atomic mass is 19.4. The lowest BCUT2D eigenvalue weighted by atomic mass is 10.1. The molecule has 0 saturated heterocycles. The van der Waals surface area contributed by atoms with Crippen LogP contribution in [0.2, 0.25) is 0 Å². The maximum absolute atomic E-state index is 12.6. The van der Waals surface area contributed by atoms with E-state index in [1.165, 1.54) is 6.07 Å². The molecule has 0 spiro atoms. The van der Waals surface area contributed by atoms with E-state index in [4.69, 9.17) is 4.52 Å². The Labute approximate surface area is 120 Å². The van der Waals surface area contributed by atoms with Crippen LogP contribution in [-0.4, -0.2) is 23.2 Å². The van der Waals surface area contributed by atoms with Crippen molar-refractivity contribution in [1.82, 2.24) is 15.5 Å². The van der Waals surface area contributed by atoms with Crippen molar-refractivity contribution < 1.29 is 17.7 Å². The number of alkyl halides is 3. The zero-order chi connectivity index (χ0) is 15.5. The molecular formula is C14H16F3N3O. The number of hydrogen-bond acceptors (Lipinski definition) is 4. The Balaban J connectivity index is 2.08. The van der Waals surface area contributed by atoms with Gasteiger partial charge < -0.3 is 9.84 Å². The highest BCUT2D eigenvalue weighted by Gasteiger charge is 2.30. The molecule has 1 N–H and O–H groups in total. The van der Waals surface area contributed by atoms with Gasteiger partial charge in [-0.05, 0) is 25.6 Å². The summed E-state index contributed by atoms with van der Waals surface area (Å²) in [6, 6.07) is 5.32. The molecule has 0 saturated carbocycles. The van der Waals surface area contributed by atoms with Crippen molar-refractivity contribution in [3.8, 4) is 0 Å². The van der Waals surface area contributed by atoms with Gasteiger partial charge in [-0.1, -0.05) is 23.4 Å². The van der Waals surface area contributed by atoms with E-state index >= 15 is 0 Å². The Hall–Kier alpha value is -1.89. The number of benzene rings is 1. The van der Waals surface area contributed by atoms with Gasteiger partial charge in [0.2, 0.25) is 5.89 Å². The van der Waals surface area contributed by atoms with Crippen LogP contribution in [0, 0.1) is 0 Å². The van der Waals surface area contributed by atoms with Crippen LogP contribution in [0.25, 0.3) is 0 Å². The number of halogens is 3. The smallest absolute Gasteiger partial charge is 0.339 e. The maximum atomic E-state index is 12.6. The number of aromatic nitrogens is 2. The molecule has 0 fully saturated rings. The summed E-state index contributed by atoms with van der Waals surface area (Å²) in [4.78, 5) is 4.19. The minimum Gasteiger partial charge on any atom is -0.339 e. The molecule has 0 amide bonds. The van der Waals surface area contributed by atoms with E-state index in [-0.39, 0.29) is 12.5 Å². The van der Waals surface area contributed by atoms with Crippen LogP contribution >= 0.6 is 0 Å². The molecule has 0 aliphatic heterocycles. The Kier molecular flexibility index (Phi) is 4.62. The molecule has 0 aliphatic rings. The largest absolute Gasteiger partial charge is 0.416 e. The van der Waals surface area contributed by atoms with Gasteiger partial charge in [0.15, 0.2) is 5.82 Å². The molecule has 21 heavy (non-hydrogen) atoms. The fraction of sp³-hybridized carbons (Fsp3) is 0.429. The van der Waals surface area contributed by atoms with E-state index in [1.807, 2.05) is 14.0 Å². The van der Waals surface area contributed by atoms with Crippen molar-refractivity contribution >= 4 is 0 Å². The SMILES string of the molecule is CNC(C)Cc1nc(Cc2cccc(C(F)(F)F)c2)no1. The molecule has 1 atom stereocenters. The molecule has 0 aliphatic carbocycles. The first-order valence-electron chi connectivity index (χ1n) is 6.53. The van der Waals surface area contributed by atoms with Crippen LogP contribution in [0.3, 0.4) is 0 Å². The standard InChI is InChI=1S/C14H16F3N3O/c1-9(18-2)6-13-19-12(20-21-13)8-10-4-3-5-11(7-10)14(15,16)17/h3-5,7,9,18H,6,8H2,1-2H3. The highest BCUT2D eigenvalue weighted by molar-refractivity contribution is 5.27. The molecule has 1 aromatic carbocycles. The zero-order valence-corrected chi connectivity index (χ0v) is 11.7. The summed E-state index contributed by atoms with van der Waals surface area (Å²) < 4.78 is 43.0. The summed E-state index contributed by atoms with van der Waals surface area (Å²) in [6.07, 6.45) is -3.56. The van der Waals surface area contributed by atoms with E-state index in [1.54, 1.807) is 6.07 Å². The second-order valence-corrected chi connectivity index (χ2v) is 4.87. The first kappa shape index (κ1) is 15.5. The molecule has 2 aromatic rings. The lowest BCUT2D eigenvalue weighted by molar-refractivity contribution is -0.137. The third-order valence-corrected chi connectivity index (χ3v) is 3.10. The lowest BCUT2D eigenvalue weighted by Gasteiger charge is -2.07. The fourth-order valence-corrected chi connectivity index (χ4v) is 1.85. The summed E-state index contributed by atoms with van der Waals surface area (Å²) in [6.45, 7) is 1.97. The third-order valence-electron chi connectivity index (χ3n) is 3.10. The van der Waals surface area contributed by atoms with E-state index in [0.717, 1.165) is 12.1 Å². The second kappa shape index (κ2) is 6.26. The summed E-state index contributed by atoms with van der Waals surface area (Å²) in [7, 11) is 1.82.